The van der Waals surface area contributed by atoms with Crippen LogP contribution in [0.1, 0.15) is 29.5 Å². The fraction of sp³-hybridized carbons (Fsp3) is 0.450. The van der Waals surface area contributed by atoms with Gasteiger partial charge in [-0.15, -0.1) is 0 Å². The van der Waals surface area contributed by atoms with Crippen LogP contribution >= 0.6 is 0 Å². The molecule has 0 aliphatic carbocycles. The van der Waals surface area contributed by atoms with E-state index >= 15 is 0 Å². The van der Waals surface area contributed by atoms with E-state index in [-0.39, 0.29) is 5.91 Å². The number of hydrogen-bond acceptors (Lipinski definition) is 6. The molecule has 0 spiro atoms. The van der Waals surface area contributed by atoms with Crippen molar-refractivity contribution in [3.05, 3.63) is 41.7 Å². The molecule has 1 aromatic heterocycles. The van der Waals surface area contributed by atoms with Crippen molar-refractivity contribution in [2.75, 3.05) is 55.3 Å². The first-order chi connectivity index (χ1) is 13.0. The first-order valence-corrected chi connectivity index (χ1v) is 9.49. The molecule has 1 fully saturated rings. The number of nitrogens with zero attached hydrogens (tertiary/aromatic N) is 4. The number of piperazine rings is 1. The van der Waals surface area contributed by atoms with E-state index in [2.05, 4.69) is 56.5 Å². The zero-order chi connectivity index (χ0) is 19.2. The Morgan fingerprint density at radius 2 is 1.81 bits per heavy atom. The summed E-state index contributed by atoms with van der Waals surface area (Å²) in [6, 6.07) is 9.69. The molecule has 1 aliphatic heterocycles. The molecule has 0 saturated carbocycles. The molecule has 2 aromatic rings. The largest absolute Gasteiger partial charge is 0.369 e. The number of amides is 1. The van der Waals surface area contributed by atoms with E-state index in [9.17, 15) is 4.79 Å². The molecule has 0 radical (unpaired) electrons. The van der Waals surface area contributed by atoms with Crippen LogP contribution in [0.5, 0.6) is 0 Å². The number of carbonyl (C=O) groups excluding carboxylic acids is 1. The summed E-state index contributed by atoms with van der Waals surface area (Å²) >= 11 is 0. The van der Waals surface area contributed by atoms with Crippen molar-refractivity contribution in [1.29, 1.82) is 0 Å². The van der Waals surface area contributed by atoms with Gasteiger partial charge in [0.05, 0.1) is 0 Å². The summed E-state index contributed by atoms with van der Waals surface area (Å²) in [6.45, 7) is 8.90. The second-order valence-electron chi connectivity index (χ2n) is 6.94. The molecular weight excluding hydrogens is 340 g/mol. The third-order valence-electron chi connectivity index (χ3n) is 4.61. The van der Waals surface area contributed by atoms with Crippen molar-refractivity contribution in [3.8, 4) is 0 Å². The summed E-state index contributed by atoms with van der Waals surface area (Å²) in [5.41, 5.74) is 3.07. The van der Waals surface area contributed by atoms with Gasteiger partial charge in [0.1, 0.15) is 5.69 Å². The van der Waals surface area contributed by atoms with Gasteiger partial charge in [-0.3, -0.25) is 4.79 Å². The molecule has 1 saturated heterocycles. The molecule has 0 atom stereocenters. The lowest BCUT2D eigenvalue weighted by molar-refractivity contribution is 0.102. The van der Waals surface area contributed by atoms with Crippen LogP contribution in [0, 0.1) is 6.92 Å². The highest BCUT2D eigenvalue weighted by Crippen LogP contribution is 2.20. The minimum absolute atomic E-state index is 0.229. The van der Waals surface area contributed by atoms with Crippen molar-refractivity contribution in [2.45, 2.75) is 20.3 Å². The van der Waals surface area contributed by atoms with E-state index in [4.69, 9.17) is 0 Å². The lowest BCUT2D eigenvalue weighted by Crippen LogP contribution is -2.44. The van der Waals surface area contributed by atoms with Crippen LogP contribution in [0.2, 0.25) is 0 Å². The molecule has 2 N–H and O–H groups in total. The number of rotatable bonds is 6. The van der Waals surface area contributed by atoms with Crippen LogP contribution < -0.4 is 15.5 Å². The average molecular weight is 368 g/mol. The quantitative estimate of drug-likeness (QED) is 0.817. The van der Waals surface area contributed by atoms with Crippen molar-refractivity contribution in [3.63, 3.8) is 0 Å². The van der Waals surface area contributed by atoms with Crippen molar-refractivity contribution in [1.82, 2.24) is 14.9 Å². The number of carbonyl (C=O) groups is 1. The monoisotopic (exact) mass is 368 g/mol. The third kappa shape index (κ3) is 5.17. The highest BCUT2D eigenvalue weighted by atomic mass is 16.1. The maximum Gasteiger partial charge on any atom is 0.274 e. The van der Waals surface area contributed by atoms with Crippen molar-refractivity contribution >= 4 is 23.2 Å². The molecule has 144 valence electrons. The SMILES string of the molecule is CCCNc1nc(C)cc(C(=O)Nc2ccc(N3CCN(C)CC3)cc2)n1. The van der Waals surface area contributed by atoms with Gasteiger partial charge in [0.2, 0.25) is 5.95 Å². The van der Waals surface area contributed by atoms with Gasteiger partial charge >= 0.3 is 0 Å². The zero-order valence-electron chi connectivity index (χ0n) is 16.3. The first kappa shape index (κ1) is 19.1. The molecular formula is C20H28N6O. The Kier molecular flexibility index (Phi) is 6.24. The van der Waals surface area contributed by atoms with Crippen molar-refractivity contribution in [2.24, 2.45) is 0 Å². The van der Waals surface area contributed by atoms with Crippen LogP contribution in [-0.2, 0) is 0 Å². The molecule has 7 nitrogen and oxygen atoms in total. The van der Waals surface area contributed by atoms with Gasteiger partial charge in [-0.2, -0.15) is 0 Å². The van der Waals surface area contributed by atoms with E-state index in [1.165, 1.54) is 5.69 Å². The molecule has 2 heterocycles. The standard InChI is InChI=1S/C20H28N6O/c1-4-9-21-20-22-15(2)14-18(24-20)19(27)23-16-5-7-17(8-6-16)26-12-10-25(3)11-13-26/h5-8,14H,4,9-13H2,1-3H3,(H,23,27)(H,21,22,24). The lowest BCUT2D eigenvalue weighted by atomic mass is 10.2. The Balaban J connectivity index is 1.65. The zero-order valence-corrected chi connectivity index (χ0v) is 16.3. The minimum atomic E-state index is -0.229. The van der Waals surface area contributed by atoms with E-state index in [1.54, 1.807) is 6.07 Å². The summed E-state index contributed by atoms with van der Waals surface area (Å²) in [4.78, 5) is 25.9. The first-order valence-electron chi connectivity index (χ1n) is 9.49. The number of hydrogen-bond donors (Lipinski definition) is 2. The number of anilines is 3. The van der Waals surface area contributed by atoms with Crippen molar-refractivity contribution < 1.29 is 4.79 Å². The average Bonchev–Trinajstić information content (AvgIpc) is 2.67. The predicted octanol–water partition coefficient (Wildman–Crippen LogP) is 2.61. The van der Waals surface area contributed by atoms with Gasteiger partial charge < -0.3 is 20.4 Å². The fourth-order valence-electron chi connectivity index (χ4n) is 3.02. The molecule has 3 rings (SSSR count). The fourth-order valence-corrected chi connectivity index (χ4v) is 3.02. The Labute approximate surface area is 160 Å². The Morgan fingerprint density at radius 3 is 2.48 bits per heavy atom. The summed E-state index contributed by atoms with van der Waals surface area (Å²) < 4.78 is 0. The number of aromatic nitrogens is 2. The van der Waals surface area contributed by atoms with E-state index in [0.717, 1.165) is 50.5 Å². The van der Waals surface area contributed by atoms with Gasteiger partial charge in [0, 0.05) is 49.8 Å². The third-order valence-corrected chi connectivity index (χ3v) is 4.61. The second-order valence-corrected chi connectivity index (χ2v) is 6.94. The number of benzene rings is 1. The minimum Gasteiger partial charge on any atom is -0.369 e. The summed E-state index contributed by atoms with van der Waals surface area (Å²) in [5, 5.41) is 6.05. The highest BCUT2D eigenvalue weighted by Gasteiger charge is 2.15. The van der Waals surface area contributed by atoms with Gasteiger partial charge in [0.15, 0.2) is 0 Å². The topological polar surface area (TPSA) is 73.4 Å². The maximum atomic E-state index is 12.6. The molecule has 1 amide bonds. The van der Waals surface area contributed by atoms with E-state index in [0.29, 0.717) is 11.6 Å². The van der Waals surface area contributed by atoms with Crippen LogP contribution in [0.3, 0.4) is 0 Å². The Hall–Kier alpha value is -2.67. The summed E-state index contributed by atoms with van der Waals surface area (Å²) in [7, 11) is 2.15. The number of likely N-dealkylation sites (N-methyl/N-ethyl adjacent to an activating group) is 1. The molecule has 0 unspecified atom stereocenters. The summed E-state index contributed by atoms with van der Waals surface area (Å²) in [6.07, 6.45) is 0.971. The van der Waals surface area contributed by atoms with Gasteiger partial charge in [0.25, 0.3) is 5.91 Å². The van der Waals surface area contributed by atoms with Gasteiger partial charge in [-0.25, -0.2) is 9.97 Å². The normalized spacial score (nSPS) is 14.9. The van der Waals surface area contributed by atoms with E-state index < -0.39 is 0 Å². The van der Waals surface area contributed by atoms with Crippen LogP contribution in [0.25, 0.3) is 0 Å². The maximum absolute atomic E-state index is 12.6. The van der Waals surface area contributed by atoms with Gasteiger partial charge in [-0.1, -0.05) is 6.92 Å². The number of aryl methyl sites for hydroxylation is 1. The summed E-state index contributed by atoms with van der Waals surface area (Å²) in [5.74, 6) is 0.264. The molecule has 1 aromatic carbocycles. The van der Waals surface area contributed by atoms with Crippen LogP contribution in [-0.4, -0.2) is 60.5 Å². The Bertz CT molecular complexity index is 769. The van der Waals surface area contributed by atoms with Crippen LogP contribution in [0.15, 0.2) is 30.3 Å². The molecule has 0 bridgehead atoms. The lowest BCUT2D eigenvalue weighted by Gasteiger charge is -2.34. The molecule has 27 heavy (non-hydrogen) atoms. The van der Waals surface area contributed by atoms with E-state index in [1.807, 2.05) is 19.1 Å². The van der Waals surface area contributed by atoms with Crippen LogP contribution in [0.4, 0.5) is 17.3 Å². The Morgan fingerprint density at radius 1 is 1.11 bits per heavy atom. The highest BCUT2D eigenvalue weighted by molar-refractivity contribution is 6.03. The second kappa shape index (κ2) is 8.81. The molecule has 1 aliphatic rings. The smallest absolute Gasteiger partial charge is 0.274 e. The predicted molar refractivity (Wildman–Crippen MR) is 110 cm³/mol. The van der Waals surface area contributed by atoms with Gasteiger partial charge in [-0.05, 0) is 50.7 Å². The molecule has 7 heteroatoms. The number of nitrogens with one attached hydrogen (secondary N) is 2.